The van der Waals surface area contributed by atoms with Crippen LogP contribution >= 0.6 is 23.5 Å². The zero-order valence-corrected chi connectivity index (χ0v) is 16.6. The predicted octanol–water partition coefficient (Wildman–Crippen LogP) is 3.85. The molecule has 0 fully saturated rings. The van der Waals surface area contributed by atoms with Crippen LogP contribution in [0.3, 0.4) is 0 Å². The van der Waals surface area contributed by atoms with Gasteiger partial charge in [0.25, 0.3) is 5.91 Å². The maximum absolute atomic E-state index is 11.8. The molecular formula is C20H23NO3S2. The average molecular weight is 390 g/mol. The molecule has 0 saturated carbocycles. The Morgan fingerprint density at radius 2 is 1.81 bits per heavy atom. The molecule has 2 aromatic carbocycles. The second-order valence-corrected chi connectivity index (χ2v) is 7.92. The van der Waals surface area contributed by atoms with Gasteiger partial charge in [0.2, 0.25) is 0 Å². The van der Waals surface area contributed by atoms with Gasteiger partial charge in [-0.15, -0.1) is 23.5 Å². The number of nitrogens with one attached hydrogen (secondary N) is 1. The molecule has 1 N–H and O–H groups in total. The minimum Gasteiger partial charge on any atom is -0.455 e. The van der Waals surface area contributed by atoms with Crippen molar-refractivity contribution < 1.29 is 14.3 Å². The SMILES string of the molecule is Cc1ccc(SCC(=O)OCC(=O)NCCSc2ccccc2)c(C)c1. The van der Waals surface area contributed by atoms with Crippen LogP contribution in [-0.2, 0) is 14.3 Å². The smallest absolute Gasteiger partial charge is 0.316 e. The van der Waals surface area contributed by atoms with Gasteiger partial charge in [0.05, 0.1) is 5.75 Å². The van der Waals surface area contributed by atoms with Crippen molar-refractivity contribution in [3.8, 4) is 0 Å². The number of carbonyl (C=O) groups excluding carboxylic acids is 2. The fourth-order valence-electron chi connectivity index (χ4n) is 2.21. The Labute approximate surface area is 163 Å². The second-order valence-electron chi connectivity index (χ2n) is 5.73. The van der Waals surface area contributed by atoms with Crippen LogP contribution < -0.4 is 5.32 Å². The molecule has 0 aromatic heterocycles. The lowest BCUT2D eigenvalue weighted by Crippen LogP contribution is -2.30. The molecule has 6 heteroatoms. The molecular weight excluding hydrogens is 366 g/mol. The first kappa shape index (κ1) is 20.4. The van der Waals surface area contributed by atoms with Gasteiger partial charge in [0, 0.05) is 22.1 Å². The summed E-state index contributed by atoms with van der Waals surface area (Å²) in [4.78, 5) is 25.7. The van der Waals surface area contributed by atoms with Crippen LogP contribution in [-0.4, -0.2) is 36.5 Å². The highest BCUT2D eigenvalue weighted by atomic mass is 32.2. The van der Waals surface area contributed by atoms with Gasteiger partial charge in [-0.25, -0.2) is 0 Å². The van der Waals surface area contributed by atoms with E-state index in [-0.39, 0.29) is 24.2 Å². The number of ether oxygens (including phenoxy) is 1. The fourth-order valence-corrected chi connectivity index (χ4v) is 3.81. The number of aryl methyl sites for hydroxylation is 2. The van der Waals surface area contributed by atoms with Gasteiger partial charge in [0.15, 0.2) is 6.61 Å². The van der Waals surface area contributed by atoms with E-state index in [4.69, 9.17) is 4.74 Å². The Morgan fingerprint density at radius 1 is 1.04 bits per heavy atom. The van der Waals surface area contributed by atoms with Gasteiger partial charge in [-0.1, -0.05) is 35.9 Å². The minimum absolute atomic E-state index is 0.195. The number of thioether (sulfide) groups is 2. The molecule has 0 heterocycles. The van der Waals surface area contributed by atoms with Gasteiger partial charge in [-0.2, -0.15) is 0 Å². The Hall–Kier alpha value is -1.92. The molecule has 2 rings (SSSR count). The Bertz CT molecular complexity index is 735. The van der Waals surface area contributed by atoms with Crippen molar-refractivity contribution in [1.29, 1.82) is 0 Å². The zero-order valence-electron chi connectivity index (χ0n) is 15.0. The number of amides is 1. The highest BCUT2D eigenvalue weighted by Gasteiger charge is 2.09. The normalized spacial score (nSPS) is 10.4. The van der Waals surface area contributed by atoms with Crippen LogP contribution in [0.4, 0.5) is 0 Å². The van der Waals surface area contributed by atoms with Crippen LogP contribution in [0.25, 0.3) is 0 Å². The number of rotatable bonds is 9. The van der Waals surface area contributed by atoms with E-state index in [2.05, 4.69) is 11.4 Å². The number of esters is 1. The molecule has 0 saturated heterocycles. The van der Waals surface area contributed by atoms with Crippen LogP contribution in [0.2, 0.25) is 0 Å². The van der Waals surface area contributed by atoms with Gasteiger partial charge >= 0.3 is 5.97 Å². The molecule has 0 aliphatic heterocycles. The first-order valence-electron chi connectivity index (χ1n) is 8.35. The molecule has 0 aliphatic carbocycles. The standard InChI is InChI=1S/C20H23NO3S2/c1-15-8-9-18(16(2)12-15)26-14-20(23)24-13-19(22)21-10-11-25-17-6-4-3-5-7-17/h3-9,12H,10-11,13-14H2,1-2H3,(H,21,22). The maximum atomic E-state index is 11.8. The summed E-state index contributed by atoms with van der Waals surface area (Å²) < 4.78 is 5.03. The quantitative estimate of drug-likeness (QED) is 0.401. The van der Waals surface area contributed by atoms with E-state index in [9.17, 15) is 9.59 Å². The number of hydrogen-bond donors (Lipinski definition) is 1. The van der Waals surface area contributed by atoms with Crippen LogP contribution in [0.1, 0.15) is 11.1 Å². The third-order valence-electron chi connectivity index (χ3n) is 3.48. The Morgan fingerprint density at radius 3 is 2.54 bits per heavy atom. The van der Waals surface area contributed by atoms with E-state index in [1.165, 1.54) is 17.3 Å². The molecule has 0 unspecified atom stereocenters. The van der Waals surface area contributed by atoms with Crippen LogP contribution in [0.5, 0.6) is 0 Å². The summed E-state index contributed by atoms with van der Waals surface area (Å²) in [7, 11) is 0. The third-order valence-corrected chi connectivity index (χ3v) is 5.64. The summed E-state index contributed by atoms with van der Waals surface area (Å²) in [6.07, 6.45) is 0. The maximum Gasteiger partial charge on any atom is 0.316 e. The van der Waals surface area contributed by atoms with E-state index in [1.54, 1.807) is 11.8 Å². The summed E-state index contributed by atoms with van der Waals surface area (Å²) in [5.74, 6) is 0.306. The van der Waals surface area contributed by atoms with E-state index in [1.807, 2.05) is 56.3 Å². The monoisotopic (exact) mass is 389 g/mol. The van der Waals surface area contributed by atoms with Gasteiger partial charge in [-0.05, 0) is 37.6 Å². The molecule has 0 radical (unpaired) electrons. The molecule has 2 aromatic rings. The molecule has 0 atom stereocenters. The number of benzene rings is 2. The third kappa shape index (κ3) is 7.54. The Kier molecular flexibility index (Phi) is 8.58. The largest absolute Gasteiger partial charge is 0.455 e. The molecule has 0 bridgehead atoms. The molecule has 138 valence electrons. The second kappa shape index (κ2) is 10.9. The molecule has 0 aliphatic rings. The summed E-state index contributed by atoms with van der Waals surface area (Å²) in [6.45, 7) is 4.35. The van der Waals surface area contributed by atoms with Gasteiger partial charge in [0.1, 0.15) is 0 Å². The van der Waals surface area contributed by atoms with Gasteiger partial charge in [-0.3, -0.25) is 9.59 Å². The fraction of sp³-hybridized carbons (Fsp3) is 0.300. The first-order valence-corrected chi connectivity index (χ1v) is 10.3. The van der Waals surface area contributed by atoms with Crippen molar-refractivity contribution >= 4 is 35.4 Å². The molecule has 1 amide bonds. The molecule has 4 nitrogen and oxygen atoms in total. The van der Waals surface area contributed by atoms with Gasteiger partial charge < -0.3 is 10.1 Å². The number of hydrogen-bond acceptors (Lipinski definition) is 5. The van der Waals surface area contributed by atoms with E-state index >= 15 is 0 Å². The van der Waals surface area contributed by atoms with Crippen molar-refractivity contribution in [1.82, 2.24) is 5.32 Å². The van der Waals surface area contributed by atoms with Crippen molar-refractivity contribution in [2.75, 3.05) is 24.7 Å². The minimum atomic E-state index is -0.385. The van der Waals surface area contributed by atoms with Crippen molar-refractivity contribution in [2.45, 2.75) is 23.6 Å². The molecule has 0 spiro atoms. The topological polar surface area (TPSA) is 55.4 Å². The lowest BCUT2D eigenvalue weighted by molar-refractivity contribution is -0.145. The molecule has 26 heavy (non-hydrogen) atoms. The van der Waals surface area contributed by atoms with E-state index in [0.717, 1.165) is 21.1 Å². The van der Waals surface area contributed by atoms with Crippen LogP contribution in [0, 0.1) is 13.8 Å². The highest BCUT2D eigenvalue weighted by molar-refractivity contribution is 8.00. The highest BCUT2D eigenvalue weighted by Crippen LogP contribution is 2.23. The Balaban J connectivity index is 1.58. The summed E-state index contributed by atoms with van der Waals surface area (Å²) >= 11 is 3.09. The van der Waals surface area contributed by atoms with E-state index in [0.29, 0.717) is 6.54 Å². The van der Waals surface area contributed by atoms with E-state index < -0.39 is 0 Å². The lowest BCUT2D eigenvalue weighted by atomic mass is 10.2. The summed E-state index contributed by atoms with van der Waals surface area (Å²) in [5.41, 5.74) is 2.33. The summed E-state index contributed by atoms with van der Waals surface area (Å²) in [6, 6.07) is 16.1. The summed E-state index contributed by atoms with van der Waals surface area (Å²) in [5, 5.41) is 2.75. The van der Waals surface area contributed by atoms with Crippen molar-refractivity contribution in [2.24, 2.45) is 0 Å². The first-order chi connectivity index (χ1) is 12.5. The number of carbonyl (C=O) groups is 2. The van der Waals surface area contributed by atoms with Crippen LogP contribution in [0.15, 0.2) is 58.3 Å². The predicted molar refractivity (Wildman–Crippen MR) is 108 cm³/mol. The zero-order chi connectivity index (χ0) is 18.8. The van der Waals surface area contributed by atoms with Crippen molar-refractivity contribution in [3.05, 3.63) is 59.7 Å². The average Bonchev–Trinajstić information content (AvgIpc) is 2.63. The lowest BCUT2D eigenvalue weighted by Gasteiger charge is -2.08. The van der Waals surface area contributed by atoms with Crippen molar-refractivity contribution in [3.63, 3.8) is 0 Å².